The molecule has 0 aromatic rings. The molecule has 1 heterocycles. The maximum absolute atomic E-state index is 11.4. The molecule has 16 heteroatoms. The third-order valence-electron chi connectivity index (χ3n) is 2.42. The van der Waals surface area contributed by atoms with Crippen LogP contribution in [-0.2, 0) is 31.6 Å². The van der Waals surface area contributed by atoms with Gasteiger partial charge in [-0.25, -0.2) is 13.7 Å². The zero-order valence-electron chi connectivity index (χ0n) is 10.9. The van der Waals surface area contributed by atoms with Crippen molar-refractivity contribution in [2.45, 2.75) is 31.3 Å². The largest absolute Gasteiger partial charge is 0.490 e. The summed E-state index contributed by atoms with van der Waals surface area (Å²) in [4.78, 5) is 34.7. The predicted molar refractivity (Wildman–Crippen MR) is 66.2 cm³/mol. The average molecular weight is 388 g/mol. The maximum Gasteiger partial charge on any atom is 0.490 e. The van der Waals surface area contributed by atoms with Gasteiger partial charge in [0.25, 0.3) is 0 Å². The first-order chi connectivity index (χ1) is 9.72. The summed E-state index contributed by atoms with van der Waals surface area (Å²) in [7, 11) is -16.3. The number of hydrogen-bond donors (Lipinski definition) is 6. The number of ether oxygens (including phenoxy) is 1. The summed E-state index contributed by atoms with van der Waals surface area (Å²) in [5.74, 6) is 0. The highest BCUT2D eigenvalue weighted by atomic mass is 31.3. The van der Waals surface area contributed by atoms with Gasteiger partial charge in [0.1, 0.15) is 18.3 Å². The van der Waals surface area contributed by atoms with Crippen LogP contribution < -0.4 is 0 Å². The number of hydrogen-bond acceptors (Lipinski definition) is 9. The van der Waals surface area contributed by atoms with Gasteiger partial charge in [0, 0.05) is 0 Å². The molecule has 1 aliphatic heterocycles. The molecular formula is C6H15O13P3. The van der Waals surface area contributed by atoms with Crippen LogP contribution in [0.2, 0.25) is 0 Å². The molecule has 1 saturated heterocycles. The minimum atomic E-state index is -5.59. The quantitative estimate of drug-likeness (QED) is 0.285. The van der Waals surface area contributed by atoms with Gasteiger partial charge in [-0.05, 0) is 6.92 Å². The summed E-state index contributed by atoms with van der Waals surface area (Å²) >= 11 is 0. The number of aliphatic hydroxyl groups excluding tert-OH is 2. The van der Waals surface area contributed by atoms with Crippen molar-refractivity contribution in [1.29, 1.82) is 0 Å². The Kier molecular flexibility index (Phi) is 6.51. The van der Waals surface area contributed by atoms with Crippen LogP contribution in [0.25, 0.3) is 0 Å². The van der Waals surface area contributed by atoms with E-state index in [4.69, 9.17) is 19.4 Å². The van der Waals surface area contributed by atoms with Crippen LogP contribution in [0.4, 0.5) is 0 Å². The van der Waals surface area contributed by atoms with Crippen LogP contribution in [0.15, 0.2) is 0 Å². The second-order valence-electron chi connectivity index (χ2n) is 4.25. The van der Waals surface area contributed by atoms with Crippen molar-refractivity contribution in [1.82, 2.24) is 0 Å². The zero-order chi connectivity index (χ0) is 17.3. The van der Waals surface area contributed by atoms with Crippen LogP contribution in [0, 0.1) is 0 Å². The molecular weight excluding hydrogens is 373 g/mol. The molecule has 0 spiro atoms. The lowest BCUT2D eigenvalue weighted by atomic mass is 10.1. The first kappa shape index (κ1) is 20.3. The second kappa shape index (κ2) is 7.04. The van der Waals surface area contributed by atoms with E-state index in [9.17, 15) is 28.8 Å². The van der Waals surface area contributed by atoms with E-state index in [0.29, 0.717) is 0 Å². The summed E-state index contributed by atoms with van der Waals surface area (Å²) in [6, 6.07) is 0. The molecule has 132 valence electrons. The number of aliphatic hydroxyl groups is 2. The van der Waals surface area contributed by atoms with E-state index in [1.807, 2.05) is 0 Å². The first-order valence-electron chi connectivity index (χ1n) is 5.52. The molecule has 22 heavy (non-hydrogen) atoms. The molecule has 0 amide bonds. The van der Waals surface area contributed by atoms with Gasteiger partial charge < -0.3 is 34.5 Å². The van der Waals surface area contributed by atoms with Crippen LogP contribution in [-0.4, -0.2) is 60.8 Å². The number of phosphoric acid groups is 3. The number of phosphoric ester groups is 1. The molecule has 1 fully saturated rings. The van der Waals surface area contributed by atoms with E-state index < -0.39 is 54.5 Å². The second-order valence-corrected chi connectivity index (χ2v) is 8.67. The summed E-state index contributed by atoms with van der Waals surface area (Å²) in [5, 5.41) is 18.9. The van der Waals surface area contributed by atoms with E-state index in [0.717, 1.165) is 0 Å². The van der Waals surface area contributed by atoms with E-state index in [1.165, 1.54) is 6.92 Å². The van der Waals surface area contributed by atoms with E-state index in [1.54, 1.807) is 0 Å². The van der Waals surface area contributed by atoms with Gasteiger partial charge in [0.2, 0.25) is 0 Å². The van der Waals surface area contributed by atoms with Gasteiger partial charge in [0.15, 0.2) is 0 Å². The minimum Gasteiger partial charge on any atom is -0.388 e. The van der Waals surface area contributed by atoms with Gasteiger partial charge in [0.05, 0.1) is 12.7 Å². The third-order valence-corrected chi connectivity index (χ3v) is 6.22. The highest BCUT2D eigenvalue weighted by Crippen LogP contribution is 2.66. The Hall–Kier alpha value is 0.290. The minimum absolute atomic E-state index is 0.787. The van der Waals surface area contributed by atoms with Crippen molar-refractivity contribution in [3.05, 3.63) is 0 Å². The predicted octanol–water partition coefficient (Wildman–Crippen LogP) is -1.16. The summed E-state index contributed by atoms with van der Waals surface area (Å²) in [5.41, 5.74) is 0. The molecule has 0 aromatic heterocycles. The van der Waals surface area contributed by atoms with Crippen molar-refractivity contribution in [3.63, 3.8) is 0 Å². The summed E-state index contributed by atoms with van der Waals surface area (Å²) < 4.78 is 49.1. The Morgan fingerprint density at radius 3 is 1.91 bits per heavy atom. The molecule has 0 aromatic carbocycles. The van der Waals surface area contributed by atoms with Crippen molar-refractivity contribution in [2.75, 3.05) is 6.61 Å². The van der Waals surface area contributed by atoms with Crippen molar-refractivity contribution >= 4 is 23.5 Å². The first-order valence-corrected chi connectivity index (χ1v) is 10.0. The van der Waals surface area contributed by atoms with Crippen molar-refractivity contribution in [3.8, 4) is 0 Å². The Labute approximate surface area is 123 Å². The lowest BCUT2D eigenvalue weighted by Gasteiger charge is -2.19. The molecule has 13 nitrogen and oxygen atoms in total. The monoisotopic (exact) mass is 388 g/mol. The Morgan fingerprint density at radius 1 is 0.955 bits per heavy atom. The van der Waals surface area contributed by atoms with Gasteiger partial charge in [-0.1, -0.05) is 0 Å². The van der Waals surface area contributed by atoms with E-state index >= 15 is 0 Å². The zero-order valence-corrected chi connectivity index (χ0v) is 13.6. The molecule has 0 aliphatic carbocycles. The fraction of sp³-hybridized carbons (Fsp3) is 1.00. The van der Waals surface area contributed by atoms with Gasteiger partial charge in [-0.15, -0.1) is 0 Å². The summed E-state index contributed by atoms with van der Waals surface area (Å²) in [6.45, 7) is 0.602. The average Bonchev–Trinajstić information content (AvgIpc) is 2.49. The Balaban J connectivity index is 2.60. The van der Waals surface area contributed by atoms with E-state index in [-0.39, 0.29) is 0 Å². The highest BCUT2D eigenvalue weighted by molar-refractivity contribution is 7.66. The van der Waals surface area contributed by atoms with Crippen molar-refractivity contribution < 1.29 is 61.4 Å². The van der Waals surface area contributed by atoms with Gasteiger partial charge in [-0.2, -0.15) is 8.62 Å². The molecule has 6 N–H and O–H groups in total. The molecule has 1 rings (SSSR count). The summed E-state index contributed by atoms with van der Waals surface area (Å²) in [6.07, 6.45) is -4.73. The molecule has 0 bridgehead atoms. The van der Waals surface area contributed by atoms with Crippen LogP contribution in [0.5, 0.6) is 0 Å². The smallest absolute Gasteiger partial charge is 0.388 e. The Morgan fingerprint density at radius 2 is 1.50 bits per heavy atom. The van der Waals surface area contributed by atoms with Gasteiger partial charge in [-0.3, -0.25) is 4.52 Å². The molecule has 0 saturated carbocycles. The normalized spacial score (nSPS) is 35.0. The Bertz CT molecular complexity index is 528. The third kappa shape index (κ3) is 6.42. The lowest BCUT2D eigenvalue weighted by molar-refractivity contribution is -0.0168. The maximum atomic E-state index is 11.4. The SMILES string of the molecule is C[C@@H]1O[C@H](COP(=O)(O)OP(=O)(O)OP(=O)(O)O)[C@@H](O)[C@H]1O. The fourth-order valence-electron chi connectivity index (χ4n) is 1.54. The standard InChI is InChI=1S/C6H15O13P3/c1-3-5(7)6(8)4(17-3)2-16-21(12,13)19-22(14,15)18-20(9,10)11/h3-8H,2H2,1H3,(H,12,13)(H,14,15)(H2,9,10,11)/t3-,4+,5-,6+/m0/s1. The van der Waals surface area contributed by atoms with Gasteiger partial charge >= 0.3 is 23.5 Å². The molecule has 0 radical (unpaired) electrons. The highest BCUT2D eigenvalue weighted by Gasteiger charge is 2.44. The van der Waals surface area contributed by atoms with Crippen LogP contribution in [0.3, 0.4) is 0 Å². The van der Waals surface area contributed by atoms with Crippen molar-refractivity contribution in [2.24, 2.45) is 0 Å². The molecule has 2 unspecified atom stereocenters. The fourth-order valence-corrected chi connectivity index (χ4v) is 4.57. The van der Waals surface area contributed by atoms with Crippen LogP contribution >= 0.6 is 23.5 Å². The number of rotatable bonds is 7. The van der Waals surface area contributed by atoms with Crippen LogP contribution in [0.1, 0.15) is 6.92 Å². The molecule has 1 aliphatic rings. The molecule has 6 atom stereocenters. The topological polar surface area (TPSA) is 210 Å². The lowest BCUT2D eigenvalue weighted by Crippen LogP contribution is -2.33. The van der Waals surface area contributed by atoms with E-state index in [2.05, 4.69) is 13.1 Å².